The van der Waals surface area contributed by atoms with E-state index < -0.39 is 0 Å². The molecule has 1 N–H and O–H groups in total. The van der Waals surface area contributed by atoms with Gasteiger partial charge >= 0.3 is 0 Å². The Kier molecular flexibility index (Phi) is 3.94. The van der Waals surface area contributed by atoms with Gasteiger partial charge in [-0.2, -0.15) is 0 Å². The number of hydrogen-bond donors (Lipinski definition) is 1. The molecule has 110 valence electrons. The lowest BCUT2D eigenvalue weighted by atomic mass is 9.55. The number of carbonyl (C=O) groups is 1. The highest BCUT2D eigenvalue weighted by Gasteiger charge is 2.60. The molecule has 0 radical (unpaired) electrons. The molecule has 3 unspecified atom stereocenters. The summed E-state index contributed by atoms with van der Waals surface area (Å²) in [7, 11) is 3.73. The van der Waals surface area contributed by atoms with Crippen molar-refractivity contribution in [2.75, 3.05) is 27.2 Å². The van der Waals surface area contributed by atoms with Gasteiger partial charge in [0.1, 0.15) is 0 Å². The van der Waals surface area contributed by atoms with E-state index >= 15 is 0 Å². The van der Waals surface area contributed by atoms with Gasteiger partial charge in [-0.3, -0.25) is 4.79 Å². The second-order valence-electron chi connectivity index (χ2n) is 6.87. The molecule has 1 aliphatic heterocycles. The van der Waals surface area contributed by atoms with Gasteiger partial charge in [0, 0.05) is 32.2 Å². The van der Waals surface area contributed by atoms with E-state index in [4.69, 9.17) is 4.74 Å². The number of nitrogens with one attached hydrogen (secondary N) is 1. The average Bonchev–Trinajstić information content (AvgIpc) is 2.43. The summed E-state index contributed by atoms with van der Waals surface area (Å²) in [4.78, 5) is 14.5. The van der Waals surface area contributed by atoms with Crippen molar-refractivity contribution in [1.82, 2.24) is 10.2 Å². The van der Waals surface area contributed by atoms with Crippen LogP contribution in [-0.4, -0.2) is 49.7 Å². The van der Waals surface area contributed by atoms with E-state index in [1.807, 2.05) is 11.9 Å². The highest BCUT2D eigenvalue weighted by molar-refractivity contribution is 5.79. The third-order valence-electron chi connectivity index (χ3n) is 5.69. The molecule has 3 atom stereocenters. The van der Waals surface area contributed by atoms with Gasteiger partial charge in [-0.15, -0.1) is 0 Å². The van der Waals surface area contributed by atoms with Gasteiger partial charge in [0.2, 0.25) is 5.91 Å². The normalized spacial score (nSPS) is 37.5. The van der Waals surface area contributed by atoms with E-state index in [1.54, 1.807) is 7.11 Å². The second-order valence-corrected chi connectivity index (χ2v) is 6.87. The fourth-order valence-electron chi connectivity index (χ4n) is 3.58. The van der Waals surface area contributed by atoms with Gasteiger partial charge in [-0.25, -0.2) is 0 Å². The molecular formula is C15H28N2O2. The lowest BCUT2D eigenvalue weighted by molar-refractivity contribution is -0.208. The smallest absolute Gasteiger partial charge is 0.226 e. The number of amides is 1. The zero-order chi connectivity index (χ0) is 14.3. The van der Waals surface area contributed by atoms with E-state index in [-0.39, 0.29) is 23.0 Å². The van der Waals surface area contributed by atoms with Crippen molar-refractivity contribution in [3.63, 3.8) is 0 Å². The van der Waals surface area contributed by atoms with E-state index in [0.717, 1.165) is 32.4 Å². The van der Waals surface area contributed by atoms with Crippen molar-refractivity contribution < 1.29 is 9.53 Å². The summed E-state index contributed by atoms with van der Waals surface area (Å²) in [6, 6.07) is 0.284. The molecule has 2 rings (SSSR count). The molecule has 0 aromatic rings. The zero-order valence-corrected chi connectivity index (χ0v) is 13.0. The number of carbonyl (C=O) groups excluding carboxylic acids is 1. The molecule has 1 amide bonds. The Morgan fingerprint density at radius 3 is 2.53 bits per heavy atom. The monoisotopic (exact) mass is 268 g/mol. The maximum Gasteiger partial charge on any atom is 0.226 e. The number of ether oxygens (including phenoxy) is 1. The van der Waals surface area contributed by atoms with Crippen LogP contribution in [0.4, 0.5) is 0 Å². The standard InChI is InChI=1S/C15H28N2O2/c1-14(2)12(9-15(14,3)19-5)17(4)13(18)11-7-6-8-16-10-11/h11-12,16H,6-10H2,1-5H3. The third kappa shape index (κ3) is 2.29. The molecule has 4 heteroatoms. The summed E-state index contributed by atoms with van der Waals surface area (Å²) in [6.45, 7) is 8.42. The second kappa shape index (κ2) is 5.06. The Morgan fingerprint density at radius 2 is 2.05 bits per heavy atom. The van der Waals surface area contributed by atoms with Gasteiger partial charge in [0.15, 0.2) is 0 Å². The highest BCUT2D eigenvalue weighted by atomic mass is 16.5. The average molecular weight is 268 g/mol. The number of hydrogen-bond acceptors (Lipinski definition) is 3. The fourth-order valence-corrected chi connectivity index (χ4v) is 3.58. The minimum Gasteiger partial charge on any atom is -0.378 e. The molecule has 1 saturated carbocycles. The molecule has 19 heavy (non-hydrogen) atoms. The summed E-state index contributed by atoms with van der Waals surface area (Å²) in [5.74, 6) is 0.451. The van der Waals surface area contributed by atoms with E-state index in [9.17, 15) is 4.79 Å². The van der Waals surface area contributed by atoms with Crippen LogP contribution in [0.25, 0.3) is 0 Å². The minimum atomic E-state index is -0.114. The molecular weight excluding hydrogens is 240 g/mol. The van der Waals surface area contributed by atoms with Crippen LogP contribution < -0.4 is 5.32 Å². The van der Waals surface area contributed by atoms with Gasteiger partial charge in [0.05, 0.1) is 11.5 Å². The molecule has 0 aromatic heterocycles. The first kappa shape index (κ1) is 14.8. The third-order valence-corrected chi connectivity index (χ3v) is 5.69. The van der Waals surface area contributed by atoms with Crippen molar-refractivity contribution >= 4 is 5.91 Å². The zero-order valence-electron chi connectivity index (χ0n) is 13.0. The van der Waals surface area contributed by atoms with E-state index in [2.05, 4.69) is 26.1 Å². The van der Waals surface area contributed by atoms with E-state index in [1.165, 1.54) is 0 Å². The maximum absolute atomic E-state index is 12.6. The molecule has 2 aliphatic rings. The Balaban J connectivity index is 2.01. The quantitative estimate of drug-likeness (QED) is 0.846. The number of nitrogens with zero attached hydrogens (tertiary/aromatic N) is 1. The maximum atomic E-state index is 12.6. The molecule has 2 fully saturated rings. The Morgan fingerprint density at radius 1 is 1.37 bits per heavy atom. The Hall–Kier alpha value is -0.610. The highest BCUT2D eigenvalue weighted by Crippen LogP contribution is 2.53. The first-order valence-electron chi connectivity index (χ1n) is 7.36. The number of methoxy groups -OCH3 is 1. The van der Waals surface area contributed by atoms with Gasteiger partial charge in [-0.1, -0.05) is 13.8 Å². The fraction of sp³-hybridized carbons (Fsp3) is 0.933. The van der Waals surface area contributed by atoms with Gasteiger partial charge in [-0.05, 0) is 32.7 Å². The van der Waals surface area contributed by atoms with Crippen LogP contribution in [0.3, 0.4) is 0 Å². The van der Waals surface area contributed by atoms with Crippen molar-refractivity contribution in [2.24, 2.45) is 11.3 Å². The molecule has 1 heterocycles. The summed E-state index contributed by atoms with van der Waals surface area (Å²) in [6.07, 6.45) is 3.05. The Labute approximate surface area is 116 Å². The molecule has 0 bridgehead atoms. The predicted octanol–water partition coefficient (Wildman–Crippen LogP) is 1.65. The van der Waals surface area contributed by atoms with Crippen molar-refractivity contribution in [1.29, 1.82) is 0 Å². The van der Waals surface area contributed by atoms with Crippen molar-refractivity contribution in [2.45, 2.75) is 51.7 Å². The number of rotatable bonds is 3. The first-order chi connectivity index (χ1) is 8.83. The van der Waals surface area contributed by atoms with Crippen LogP contribution in [0.2, 0.25) is 0 Å². The molecule has 0 spiro atoms. The predicted molar refractivity (Wildman–Crippen MR) is 76.0 cm³/mol. The first-order valence-corrected chi connectivity index (χ1v) is 7.36. The lowest BCUT2D eigenvalue weighted by Crippen LogP contribution is -2.69. The summed E-state index contributed by atoms with van der Waals surface area (Å²) in [5, 5.41) is 3.32. The van der Waals surface area contributed by atoms with Crippen molar-refractivity contribution in [3.8, 4) is 0 Å². The van der Waals surface area contributed by atoms with Gasteiger partial charge < -0.3 is 15.0 Å². The minimum absolute atomic E-state index is 0.00819. The van der Waals surface area contributed by atoms with Crippen LogP contribution in [0, 0.1) is 11.3 Å². The summed E-state index contributed by atoms with van der Waals surface area (Å²) in [5.41, 5.74) is -0.106. The SMILES string of the molecule is COC1(C)CC(N(C)C(=O)C2CCCNC2)C1(C)C. The van der Waals surface area contributed by atoms with Crippen LogP contribution in [0.15, 0.2) is 0 Å². The Bertz CT molecular complexity index is 350. The molecule has 1 saturated heterocycles. The number of piperidine rings is 1. The molecule has 1 aliphatic carbocycles. The van der Waals surface area contributed by atoms with Crippen LogP contribution in [-0.2, 0) is 9.53 Å². The molecule has 4 nitrogen and oxygen atoms in total. The van der Waals surface area contributed by atoms with Crippen LogP contribution >= 0.6 is 0 Å². The van der Waals surface area contributed by atoms with E-state index in [0.29, 0.717) is 5.91 Å². The summed E-state index contributed by atoms with van der Waals surface area (Å²) < 4.78 is 5.64. The summed E-state index contributed by atoms with van der Waals surface area (Å²) >= 11 is 0. The lowest BCUT2D eigenvalue weighted by Gasteiger charge is -2.61. The van der Waals surface area contributed by atoms with Gasteiger partial charge in [0.25, 0.3) is 0 Å². The van der Waals surface area contributed by atoms with Crippen LogP contribution in [0.1, 0.15) is 40.0 Å². The topological polar surface area (TPSA) is 41.6 Å². The molecule has 0 aromatic carbocycles. The largest absolute Gasteiger partial charge is 0.378 e. The van der Waals surface area contributed by atoms with Crippen molar-refractivity contribution in [3.05, 3.63) is 0 Å². The van der Waals surface area contributed by atoms with Crippen LogP contribution in [0.5, 0.6) is 0 Å².